The van der Waals surface area contributed by atoms with Gasteiger partial charge >= 0.3 is 0 Å². The largest absolute Gasteiger partial charge is 0.380 e. The molecule has 2 aromatic heterocycles. The normalized spacial score (nSPS) is 10.5. The fourth-order valence-electron chi connectivity index (χ4n) is 1.74. The fraction of sp³-hybridized carbons (Fsp3) is 0.333. The van der Waals surface area contributed by atoms with Gasteiger partial charge in [-0.15, -0.1) is 0 Å². The van der Waals surface area contributed by atoms with Crippen LogP contribution in [0.25, 0.3) is 0 Å². The minimum absolute atomic E-state index is 0.777. The maximum absolute atomic E-state index is 4.42. The Labute approximate surface area is 109 Å². The van der Waals surface area contributed by atoms with Crippen molar-refractivity contribution in [2.24, 2.45) is 7.05 Å². The summed E-state index contributed by atoms with van der Waals surface area (Å²) in [7, 11) is 1.95. The zero-order valence-electron chi connectivity index (χ0n) is 9.94. The molecule has 0 aliphatic heterocycles. The van der Waals surface area contributed by atoms with Gasteiger partial charge in [-0.25, -0.2) is 0 Å². The molecule has 2 aromatic rings. The van der Waals surface area contributed by atoms with E-state index in [1.807, 2.05) is 17.8 Å². The summed E-state index contributed by atoms with van der Waals surface area (Å²) in [5.74, 6) is 0. The van der Waals surface area contributed by atoms with E-state index in [9.17, 15) is 0 Å². The lowest BCUT2D eigenvalue weighted by Gasteiger charge is -2.07. The first-order valence-electron chi connectivity index (χ1n) is 5.55. The van der Waals surface area contributed by atoms with Crippen LogP contribution in [0.1, 0.15) is 18.2 Å². The molecule has 0 spiro atoms. The molecule has 0 bridgehead atoms. The van der Waals surface area contributed by atoms with Gasteiger partial charge < -0.3 is 5.32 Å². The van der Waals surface area contributed by atoms with Gasteiger partial charge in [0.25, 0.3) is 0 Å². The quantitative estimate of drug-likeness (QED) is 0.943. The topological polar surface area (TPSA) is 42.7 Å². The third kappa shape index (κ3) is 2.85. The summed E-state index contributed by atoms with van der Waals surface area (Å²) in [4.78, 5) is 4.03. The Morgan fingerprint density at radius 2 is 2.29 bits per heavy atom. The van der Waals surface area contributed by atoms with Gasteiger partial charge in [0.15, 0.2) is 0 Å². The molecule has 5 heteroatoms. The Hall–Kier alpha value is -1.36. The van der Waals surface area contributed by atoms with Crippen molar-refractivity contribution in [1.82, 2.24) is 14.8 Å². The molecule has 0 unspecified atom stereocenters. The fourth-order valence-corrected chi connectivity index (χ4v) is 2.13. The molecule has 0 amide bonds. The van der Waals surface area contributed by atoms with Crippen molar-refractivity contribution in [1.29, 1.82) is 0 Å². The molecule has 0 fully saturated rings. The molecule has 0 atom stereocenters. The molecule has 2 rings (SSSR count). The highest BCUT2D eigenvalue weighted by Gasteiger charge is 2.06. The third-order valence-corrected chi connectivity index (χ3v) is 3.20. The summed E-state index contributed by atoms with van der Waals surface area (Å²) < 4.78 is 2.83. The zero-order chi connectivity index (χ0) is 12.3. The average Bonchev–Trinajstić information content (AvgIpc) is 2.69. The average molecular weight is 295 g/mol. The van der Waals surface area contributed by atoms with Crippen LogP contribution in [-0.2, 0) is 20.0 Å². The van der Waals surface area contributed by atoms with Crippen LogP contribution in [0.15, 0.2) is 29.1 Å². The van der Waals surface area contributed by atoms with Crippen LogP contribution in [-0.4, -0.2) is 14.8 Å². The minimum atomic E-state index is 0.777. The number of aromatic nitrogens is 3. The summed E-state index contributed by atoms with van der Waals surface area (Å²) in [6.45, 7) is 2.90. The number of pyridine rings is 1. The lowest BCUT2D eigenvalue weighted by Crippen LogP contribution is -2.01. The van der Waals surface area contributed by atoms with Crippen LogP contribution in [0, 0.1) is 0 Å². The highest BCUT2D eigenvalue weighted by atomic mass is 79.9. The second-order valence-corrected chi connectivity index (χ2v) is 4.69. The zero-order valence-corrected chi connectivity index (χ0v) is 11.5. The van der Waals surface area contributed by atoms with Crippen LogP contribution in [0.5, 0.6) is 0 Å². The number of aryl methyl sites for hydroxylation is 2. The lowest BCUT2D eigenvalue weighted by atomic mass is 10.2. The summed E-state index contributed by atoms with van der Waals surface area (Å²) in [5.41, 5.74) is 3.43. The molecule has 2 heterocycles. The molecule has 17 heavy (non-hydrogen) atoms. The molecule has 0 aliphatic carbocycles. The first-order chi connectivity index (χ1) is 8.20. The van der Waals surface area contributed by atoms with Crippen LogP contribution in [0.3, 0.4) is 0 Å². The smallest absolute Gasteiger partial charge is 0.0671 e. The van der Waals surface area contributed by atoms with E-state index in [-0.39, 0.29) is 0 Å². The van der Waals surface area contributed by atoms with Crippen molar-refractivity contribution < 1.29 is 0 Å². The van der Waals surface area contributed by atoms with Crippen molar-refractivity contribution in [2.45, 2.75) is 19.9 Å². The van der Waals surface area contributed by atoms with E-state index in [1.54, 1.807) is 12.4 Å². The van der Waals surface area contributed by atoms with Gasteiger partial charge in [-0.3, -0.25) is 9.67 Å². The first-order valence-corrected chi connectivity index (χ1v) is 6.34. The number of hydrogen-bond donors (Lipinski definition) is 1. The number of hydrogen-bond acceptors (Lipinski definition) is 3. The number of anilines is 1. The Kier molecular flexibility index (Phi) is 3.78. The number of nitrogens with zero attached hydrogens (tertiary/aromatic N) is 3. The molecule has 90 valence electrons. The predicted molar refractivity (Wildman–Crippen MR) is 71.8 cm³/mol. The molecular formula is C12H15BrN4. The Morgan fingerprint density at radius 3 is 3.00 bits per heavy atom. The van der Waals surface area contributed by atoms with E-state index < -0.39 is 0 Å². The van der Waals surface area contributed by atoms with Crippen LogP contribution < -0.4 is 5.32 Å². The van der Waals surface area contributed by atoms with Crippen molar-refractivity contribution in [3.05, 3.63) is 40.4 Å². The van der Waals surface area contributed by atoms with E-state index in [0.717, 1.165) is 28.8 Å². The van der Waals surface area contributed by atoms with E-state index >= 15 is 0 Å². The van der Waals surface area contributed by atoms with Gasteiger partial charge in [0.1, 0.15) is 0 Å². The summed E-state index contributed by atoms with van der Waals surface area (Å²) in [6.07, 6.45) is 6.57. The van der Waals surface area contributed by atoms with Gasteiger partial charge in [-0.1, -0.05) is 6.92 Å². The van der Waals surface area contributed by atoms with E-state index in [0.29, 0.717) is 0 Å². The van der Waals surface area contributed by atoms with Gasteiger partial charge in [0, 0.05) is 37.7 Å². The van der Waals surface area contributed by atoms with E-state index in [1.165, 1.54) is 5.56 Å². The molecular weight excluding hydrogens is 280 g/mol. The second-order valence-electron chi connectivity index (χ2n) is 3.84. The van der Waals surface area contributed by atoms with E-state index in [2.05, 4.69) is 44.4 Å². The van der Waals surface area contributed by atoms with Crippen molar-refractivity contribution in [3.8, 4) is 0 Å². The maximum Gasteiger partial charge on any atom is 0.0671 e. The molecule has 0 saturated heterocycles. The van der Waals surface area contributed by atoms with Crippen molar-refractivity contribution in [2.75, 3.05) is 5.32 Å². The monoisotopic (exact) mass is 294 g/mol. The van der Waals surface area contributed by atoms with E-state index in [4.69, 9.17) is 0 Å². The van der Waals surface area contributed by atoms with Gasteiger partial charge in [0.2, 0.25) is 0 Å². The molecule has 0 aliphatic rings. The first kappa shape index (κ1) is 12.1. The number of rotatable bonds is 4. The van der Waals surface area contributed by atoms with Gasteiger partial charge in [-0.2, -0.15) is 5.10 Å². The van der Waals surface area contributed by atoms with Crippen LogP contribution >= 0.6 is 15.9 Å². The lowest BCUT2D eigenvalue weighted by molar-refractivity contribution is 0.746. The molecule has 0 aromatic carbocycles. The van der Waals surface area contributed by atoms with Crippen LogP contribution in [0.4, 0.5) is 5.69 Å². The molecule has 0 saturated carbocycles. The van der Waals surface area contributed by atoms with Gasteiger partial charge in [-0.05, 0) is 28.4 Å². The Morgan fingerprint density at radius 1 is 1.47 bits per heavy atom. The van der Waals surface area contributed by atoms with Gasteiger partial charge in [0.05, 0.1) is 15.9 Å². The number of nitrogens with one attached hydrogen (secondary N) is 1. The summed E-state index contributed by atoms with van der Waals surface area (Å²) >= 11 is 3.46. The van der Waals surface area contributed by atoms with Crippen molar-refractivity contribution in [3.63, 3.8) is 0 Å². The highest BCUT2D eigenvalue weighted by Crippen LogP contribution is 2.21. The maximum atomic E-state index is 4.42. The minimum Gasteiger partial charge on any atom is -0.380 e. The third-order valence-electron chi connectivity index (χ3n) is 2.57. The standard InChI is InChI=1S/C12H15BrN4/c1-3-11-9(8-17(2)16-11)6-15-12-4-5-14-7-10(12)13/h4-5,7-8H,3,6H2,1-2H3,(H,14,15). The van der Waals surface area contributed by atoms with Crippen molar-refractivity contribution >= 4 is 21.6 Å². The SMILES string of the molecule is CCc1nn(C)cc1CNc1ccncc1Br. The summed E-state index contributed by atoms with van der Waals surface area (Å²) in [6, 6.07) is 1.95. The Bertz CT molecular complexity index is 507. The Balaban J connectivity index is 2.09. The summed E-state index contributed by atoms with van der Waals surface area (Å²) in [5, 5.41) is 7.79. The number of halogens is 1. The highest BCUT2D eigenvalue weighted by molar-refractivity contribution is 9.10. The molecule has 1 N–H and O–H groups in total. The molecule has 0 radical (unpaired) electrons. The predicted octanol–water partition coefficient (Wildman–Crippen LogP) is 2.75. The molecule has 4 nitrogen and oxygen atoms in total. The van der Waals surface area contributed by atoms with Crippen LogP contribution in [0.2, 0.25) is 0 Å². The second kappa shape index (κ2) is 5.31.